The van der Waals surface area contributed by atoms with Crippen LogP contribution in [0.2, 0.25) is 0 Å². The van der Waals surface area contributed by atoms with Crippen LogP contribution in [0.25, 0.3) is 0 Å². The van der Waals surface area contributed by atoms with Gasteiger partial charge in [-0.25, -0.2) is 0 Å². The minimum Gasteiger partial charge on any atom is -0.357 e. The van der Waals surface area contributed by atoms with E-state index >= 15 is 0 Å². The minimum atomic E-state index is -0.377. The zero-order chi connectivity index (χ0) is 23.2. The summed E-state index contributed by atoms with van der Waals surface area (Å²) in [5, 5.41) is 10.9. The fraction of sp³-hybridized carbons (Fsp3) is 0.565. The smallest absolute Gasteiger partial charge is 0.357 e. The van der Waals surface area contributed by atoms with Gasteiger partial charge in [0, 0.05) is 15.5 Å². The number of nitro benzene ring substituents is 1. The van der Waals surface area contributed by atoms with E-state index in [0.29, 0.717) is 5.56 Å². The Balaban J connectivity index is -0.0000000863. The number of hydrogen-bond acceptors (Lipinski definition) is 3. The van der Waals surface area contributed by atoms with E-state index in [9.17, 15) is 10.1 Å². The predicted octanol–water partition coefficient (Wildman–Crippen LogP) is 8.41. The Hall–Kier alpha value is -0.00299. The van der Waals surface area contributed by atoms with E-state index in [-0.39, 0.29) is 55.1 Å². The van der Waals surface area contributed by atoms with Crippen molar-refractivity contribution in [3.05, 3.63) is 65.6 Å². The zero-order valence-electron chi connectivity index (χ0n) is 20.6. The molecule has 2 atom stereocenters. The summed E-state index contributed by atoms with van der Waals surface area (Å²) in [4.78, 5) is 10.5. The molecular weight excluding hydrogens is 487 g/mol. The Kier molecular flexibility index (Phi) is 45.5. The SMILES string of the molecule is CC(C)(C)C(OP)c1ccccc1[N+](=O)[O-].C[CH-]C.C[CH-]C.C[CH-]C.C[CH-]C.[Ni+2].[Ni+2]. The Labute approximate surface area is 210 Å². The molecule has 1 aromatic rings. The van der Waals surface area contributed by atoms with Gasteiger partial charge >= 0.3 is 33.0 Å². The maximum atomic E-state index is 10.9. The van der Waals surface area contributed by atoms with Crippen LogP contribution in [0.3, 0.4) is 0 Å². The topological polar surface area (TPSA) is 52.4 Å². The second-order valence-electron chi connectivity index (χ2n) is 7.01. The van der Waals surface area contributed by atoms with Gasteiger partial charge in [0.1, 0.15) is 0 Å². The largest absolute Gasteiger partial charge is 2.00 e. The van der Waals surface area contributed by atoms with Gasteiger partial charge in [-0.05, 0) is 11.5 Å². The molecule has 4 nitrogen and oxygen atoms in total. The van der Waals surface area contributed by atoms with Crippen molar-refractivity contribution < 1.29 is 42.4 Å². The number of benzene rings is 1. The molecule has 0 aromatic heterocycles. The van der Waals surface area contributed by atoms with Crippen molar-refractivity contribution >= 4 is 15.2 Å². The second kappa shape index (κ2) is 31.2. The monoisotopic (exact) mass is 529 g/mol. The van der Waals surface area contributed by atoms with Gasteiger partial charge in [-0.3, -0.25) is 10.1 Å². The number of para-hydroxylation sites is 1. The van der Waals surface area contributed by atoms with Gasteiger partial charge in [-0.2, -0.15) is 55.4 Å². The minimum absolute atomic E-state index is 0. The summed E-state index contributed by atoms with van der Waals surface area (Å²) in [5.41, 5.74) is 0.508. The van der Waals surface area contributed by atoms with E-state index in [1.54, 1.807) is 18.2 Å². The van der Waals surface area contributed by atoms with Gasteiger partial charge in [-0.15, -0.1) is 0 Å². The average Bonchev–Trinajstić information content (AvgIpc) is 2.57. The van der Waals surface area contributed by atoms with Gasteiger partial charge in [0.15, 0.2) is 0 Å². The van der Waals surface area contributed by atoms with Crippen LogP contribution in [0.1, 0.15) is 87.8 Å². The molecule has 0 aliphatic carbocycles. The molecule has 1 aromatic carbocycles. The third-order valence-corrected chi connectivity index (χ3v) is 2.61. The van der Waals surface area contributed by atoms with E-state index < -0.39 is 0 Å². The molecule has 0 heterocycles. The van der Waals surface area contributed by atoms with Crippen LogP contribution in [0.15, 0.2) is 24.3 Å². The summed E-state index contributed by atoms with van der Waals surface area (Å²) < 4.78 is 5.30. The molecular formula is C23H44NNi2O3P. The standard InChI is InChI=1S/C11H16NO3P.4C3H7.2Ni/c1-11(2,3)10(15-16)8-6-4-5-7-9(8)12(13)14;4*1-3-2;;/h4-7,10H,16H2,1-3H3;4*3H,1-2H3;;/q;4*-1;2*+2. The van der Waals surface area contributed by atoms with E-state index in [0.717, 1.165) is 0 Å². The first kappa shape index (κ1) is 43.8. The fourth-order valence-electron chi connectivity index (χ4n) is 1.62. The van der Waals surface area contributed by atoms with Crippen molar-refractivity contribution in [2.75, 3.05) is 0 Å². The first-order chi connectivity index (χ1) is 13.0. The van der Waals surface area contributed by atoms with Crippen molar-refractivity contribution in [1.82, 2.24) is 0 Å². The summed E-state index contributed by atoms with van der Waals surface area (Å²) in [7, 11) is 2.19. The zero-order valence-corrected chi connectivity index (χ0v) is 23.7. The Bertz CT molecular complexity index is 448. The predicted molar refractivity (Wildman–Crippen MR) is 129 cm³/mol. The summed E-state index contributed by atoms with van der Waals surface area (Å²) in [5.74, 6) is 0. The van der Waals surface area contributed by atoms with Crippen LogP contribution in [-0.2, 0) is 37.5 Å². The van der Waals surface area contributed by atoms with Crippen molar-refractivity contribution in [2.24, 2.45) is 5.41 Å². The molecule has 0 saturated carbocycles. The van der Waals surface area contributed by atoms with Gasteiger partial charge in [0.25, 0.3) is 5.69 Å². The molecule has 0 saturated heterocycles. The molecule has 7 heteroatoms. The van der Waals surface area contributed by atoms with Gasteiger partial charge in [0.05, 0.1) is 16.6 Å². The molecule has 2 unspecified atom stereocenters. The maximum Gasteiger partial charge on any atom is 2.00 e. The molecule has 0 N–H and O–H groups in total. The third-order valence-electron chi connectivity index (χ3n) is 2.34. The molecule has 0 spiro atoms. The molecule has 184 valence electrons. The molecule has 0 aliphatic heterocycles. The Morgan fingerprint density at radius 1 is 0.867 bits per heavy atom. The summed E-state index contributed by atoms with van der Waals surface area (Å²) in [6.45, 7) is 22.0. The van der Waals surface area contributed by atoms with Crippen LogP contribution >= 0.6 is 9.47 Å². The van der Waals surface area contributed by atoms with Crippen molar-refractivity contribution in [1.29, 1.82) is 0 Å². The number of nitrogens with zero attached hydrogens (tertiary/aromatic N) is 1. The van der Waals surface area contributed by atoms with Crippen molar-refractivity contribution in [3.63, 3.8) is 0 Å². The van der Waals surface area contributed by atoms with E-state index in [2.05, 4.69) is 9.47 Å². The van der Waals surface area contributed by atoms with Crippen LogP contribution in [0, 0.1) is 41.2 Å². The second-order valence-corrected chi connectivity index (χ2v) is 7.28. The molecule has 0 fully saturated rings. The van der Waals surface area contributed by atoms with Gasteiger partial charge in [0.2, 0.25) is 0 Å². The van der Waals surface area contributed by atoms with Gasteiger partial charge < -0.3 is 30.2 Å². The van der Waals surface area contributed by atoms with Crippen molar-refractivity contribution in [2.45, 2.75) is 82.3 Å². The van der Waals surface area contributed by atoms with Crippen LogP contribution in [0.4, 0.5) is 5.69 Å². The normalized spacial score (nSPS) is 9.60. The maximum absolute atomic E-state index is 10.9. The first-order valence-corrected chi connectivity index (χ1v) is 10.1. The van der Waals surface area contributed by atoms with E-state index in [4.69, 9.17) is 4.52 Å². The summed E-state index contributed by atoms with van der Waals surface area (Å²) in [6, 6.07) is 6.67. The third kappa shape index (κ3) is 28.0. The average molecular weight is 531 g/mol. The molecule has 0 radical (unpaired) electrons. The quantitative estimate of drug-likeness (QED) is 0.130. The van der Waals surface area contributed by atoms with E-state index in [1.807, 2.05) is 102 Å². The molecule has 0 aliphatic rings. The summed E-state index contributed by atoms with van der Waals surface area (Å²) in [6.07, 6.45) is 7.68. The van der Waals surface area contributed by atoms with Crippen LogP contribution in [0.5, 0.6) is 0 Å². The molecule has 30 heavy (non-hydrogen) atoms. The molecule has 0 bridgehead atoms. The Morgan fingerprint density at radius 3 is 1.40 bits per heavy atom. The number of hydrogen-bond donors (Lipinski definition) is 0. The number of nitro groups is 1. The van der Waals surface area contributed by atoms with Crippen LogP contribution < -0.4 is 0 Å². The molecule has 0 amide bonds. The van der Waals surface area contributed by atoms with E-state index in [1.165, 1.54) is 6.07 Å². The summed E-state index contributed by atoms with van der Waals surface area (Å²) >= 11 is 0. The number of rotatable bonds is 3. The van der Waals surface area contributed by atoms with Crippen molar-refractivity contribution in [3.8, 4) is 0 Å². The molecule has 1 rings (SSSR count). The van der Waals surface area contributed by atoms with Gasteiger partial charge in [-0.1, -0.05) is 32.9 Å². The Morgan fingerprint density at radius 2 is 1.17 bits per heavy atom. The van der Waals surface area contributed by atoms with Crippen LogP contribution in [-0.4, -0.2) is 4.92 Å². The first-order valence-electron chi connectivity index (χ1n) is 9.58. The fourth-order valence-corrected chi connectivity index (χ4v) is 2.17.